The zero-order chi connectivity index (χ0) is 24.5. The van der Waals surface area contributed by atoms with Gasteiger partial charge in [0.05, 0.1) is 5.69 Å². The van der Waals surface area contributed by atoms with Gasteiger partial charge in [-0.05, 0) is 46.5 Å². The van der Waals surface area contributed by atoms with Crippen molar-refractivity contribution in [2.24, 2.45) is 5.92 Å². The largest absolute Gasteiger partial charge is 0.351 e. The van der Waals surface area contributed by atoms with Gasteiger partial charge in [0.25, 0.3) is 5.91 Å². The van der Waals surface area contributed by atoms with E-state index in [4.69, 9.17) is 0 Å². The summed E-state index contributed by atoms with van der Waals surface area (Å²) in [5, 5.41) is 8.83. The van der Waals surface area contributed by atoms with Crippen molar-refractivity contribution in [2.75, 3.05) is 11.9 Å². The fourth-order valence-corrected chi connectivity index (χ4v) is 5.43. The third kappa shape index (κ3) is 4.19. The molecule has 0 spiro atoms. The van der Waals surface area contributed by atoms with E-state index in [9.17, 15) is 14.4 Å². The van der Waals surface area contributed by atoms with Crippen LogP contribution in [0.3, 0.4) is 0 Å². The van der Waals surface area contributed by atoms with Gasteiger partial charge in [-0.1, -0.05) is 60.7 Å². The molecule has 7 heteroatoms. The van der Waals surface area contributed by atoms with Crippen LogP contribution in [-0.4, -0.2) is 24.8 Å². The first-order valence-electron chi connectivity index (χ1n) is 11.4. The number of carbonyl (C=O) groups is 3. The van der Waals surface area contributed by atoms with E-state index in [2.05, 4.69) is 10.6 Å². The molecule has 0 aliphatic carbocycles. The zero-order valence-corrected chi connectivity index (χ0v) is 20.3. The number of hydrogen-bond donors (Lipinski definition) is 2. The van der Waals surface area contributed by atoms with Crippen LogP contribution in [0.1, 0.15) is 24.1 Å². The second kappa shape index (κ2) is 9.35. The Hall–Kier alpha value is -3.97. The molecule has 35 heavy (non-hydrogen) atoms. The van der Waals surface area contributed by atoms with E-state index in [0.29, 0.717) is 12.1 Å². The summed E-state index contributed by atoms with van der Waals surface area (Å²) in [5.41, 5.74) is 4.30. The molecule has 6 nitrogen and oxygen atoms in total. The fraction of sp³-hybridized carbons (Fsp3) is 0.179. The molecule has 1 aliphatic heterocycles. The molecule has 0 radical (unpaired) electrons. The lowest BCUT2D eigenvalue weighted by Gasteiger charge is -2.24. The Bertz CT molecular complexity index is 1440. The Morgan fingerprint density at radius 1 is 0.943 bits per heavy atom. The van der Waals surface area contributed by atoms with Crippen LogP contribution in [0, 0.1) is 5.92 Å². The first-order valence-corrected chi connectivity index (χ1v) is 12.3. The van der Waals surface area contributed by atoms with Crippen molar-refractivity contribution >= 4 is 44.8 Å². The van der Waals surface area contributed by atoms with E-state index in [0.717, 1.165) is 32.5 Å². The van der Waals surface area contributed by atoms with Crippen molar-refractivity contribution in [3.8, 4) is 11.1 Å². The molecule has 2 N–H and O–H groups in total. The van der Waals surface area contributed by atoms with Gasteiger partial charge in [0.15, 0.2) is 0 Å². The molecule has 3 aromatic carbocycles. The van der Waals surface area contributed by atoms with Gasteiger partial charge in [-0.2, -0.15) is 0 Å². The average molecular weight is 484 g/mol. The number of hydrogen-bond acceptors (Lipinski definition) is 4. The molecule has 1 aliphatic rings. The number of para-hydroxylation sites is 1. The lowest BCUT2D eigenvalue weighted by Crippen LogP contribution is -2.45. The van der Waals surface area contributed by atoms with Gasteiger partial charge in [-0.3, -0.25) is 14.4 Å². The second-order valence-corrected chi connectivity index (χ2v) is 9.55. The summed E-state index contributed by atoms with van der Waals surface area (Å²) in [6.45, 7) is 1.89. The molecule has 0 saturated carbocycles. The Labute approximate surface area is 207 Å². The zero-order valence-electron chi connectivity index (χ0n) is 19.4. The van der Waals surface area contributed by atoms with Crippen molar-refractivity contribution in [3.63, 3.8) is 0 Å². The molecule has 2 atom stereocenters. The van der Waals surface area contributed by atoms with Crippen molar-refractivity contribution in [1.82, 2.24) is 10.6 Å². The number of amides is 3. The monoisotopic (exact) mass is 483 g/mol. The van der Waals surface area contributed by atoms with Gasteiger partial charge in [0.1, 0.15) is 12.0 Å². The minimum absolute atomic E-state index is 0.256. The predicted molar refractivity (Wildman–Crippen MR) is 139 cm³/mol. The minimum atomic E-state index is -0.962. The van der Waals surface area contributed by atoms with Crippen LogP contribution in [0.15, 0.2) is 78.2 Å². The molecule has 5 rings (SSSR count). The summed E-state index contributed by atoms with van der Waals surface area (Å²) in [7, 11) is 1.70. The minimum Gasteiger partial charge on any atom is -0.351 e. The van der Waals surface area contributed by atoms with E-state index >= 15 is 0 Å². The van der Waals surface area contributed by atoms with Gasteiger partial charge >= 0.3 is 0 Å². The van der Waals surface area contributed by atoms with Gasteiger partial charge < -0.3 is 15.5 Å². The highest BCUT2D eigenvalue weighted by atomic mass is 32.1. The van der Waals surface area contributed by atoms with Crippen LogP contribution in [0.2, 0.25) is 0 Å². The molecule has 2 unspecified atom stereocenters. The maximum Gasteiger partial charge on any atom is 0.253 e. The number of likely N-dealkylation sites (N-methyl/N-ethyl adjacent to an activating group) is 1. The average Bonchev–Trinajstić information content (AvgIpc) is 3.28. The van der Waals surface area contributed by atoms with Crippen LogP contribution in [0.4, 0.5) is 5.69 Å². The topological polar surface area (TPSA) is 78.5 Å². The third-order valence-corrected chi connectivity index (χ3v) is 7.50. The van der Waals surface area contributed by atoms with Crippen molar-refractivity contribution in [2.45, 2.75) is 19.5 Å². The number of fused-ring (bicyclic) bond motifs is 4. The SMILES string of the molecule is CC(C(=O)NCc1csc2ccccc12)C(=O)NC1C(=O)N(C)c2ccccc2-c2ccccc21. The predicted octanol–water partition coefficient (Wildman–Crippen LogP) is 4.65. The van der Waals surface area contributed by atoms with E-state index < -0.39 is 17.9 Å². The number of nitrogens with one attached hydrogen (secondary N) is 2. The van der Waals surface area contributed by atoms with E-state index in [1.807, 2.05) is 78.2 Å². The number of carbonyl (C=O) groups excluding carboxylic acids is 3. The Morgan fingerprint density at radius 3 is 2.46 bits per heavy atom. The molecular weight excluding hydrogens is 458 g/mol. The maximum absolute atomic E-state index is 13.4. The molecule has 0 saturated heterocycles. The smallest absolute Gasteiger partial charge is 0.253 e. The summed E-state index contributed by atoms with van der Waals surface area (Å²) < 4.78 is 1.15. The lowest BCUT2D eigenvalue weighted by atomic mass is 9.95. The van der Waals surface area contributed by atoms with Crippen LogP contribution in [0.5, 0.6) is 0 Å². The van der Waals surface area contributed by atoms with Gasteiger partial charge in [-0.25, -0.2) is 0 Å². The van der Waals surface area contributed by atoms with Crippen LogP contribution in [-0.2, 0) is 20.9 Å². The number of thiophene rings is 1. The second-order valence-electron chi connectivity index (χ2n) is 8.64. The normalized spacial score (nSPS) is 15.7. The van der Waals surface area contributed by atoms with Gasteiger partial charge in [0, 0.05) is 23.9 Å². The maximum atomic E-state index is 13.4. The Kier molecular flexibility index (Phi) is 6.09. The number of nitrogens with zero attached hydrogens (tertiary/aromatic N) is 1. The third-order valence-electron chi connectivity index (χ3n) is 6.49. The highest BCUT2D eigenvalue weighted by molar-refractivity contribution is 7.17. The summed E-state index contributed by atoms with van der Waals surface area (Å²) in [5.74, 6) is -2.10. The summed E-state index contributed by atoms with van der Waals surface area (Å²) in [6, 6.07) is 22.3. The van der Waals surface area contributed by atoms with Crippen molar-refractivity contribution in [3.05, 3.63) is 89.3 Å². The van der Waals surface area contributed by atoms with Crippen molar-refractivity contribution < 1.29 is 14.4 Å². The van der Waals surface area contributed by atoms with Crippen LogP contribution < -0.4 is 15.5 Å². The molecule has 1 aromatic heterocycles. The van der Waals surface area contributed by atoms with Gasteiger partial charge in [0.2, 0.25) is 11.8 Å². The summed E-state index contributed by atoms with van der Waals surface area (Å²) in [6.07, 6.45) is 0. The Balaban J connectivity index is 1.34. The highest BCUT2D eigenvalue weighted by Gasteiger charge is 2.35. The number of rotatable bonds is 5. The summed E-state index contributed by atoms with van der Waals surface area (Å²) >= 11 is 1.62. The van der Waals surface area contributed by atoms with Crippen LogP contribution >= 0.6 is 11.3 Å². The molecule has 0 fully saturated rings. The summed E-state index contributed by atoms with van der Waals surface area (Å²) in [4.78, 5) is 40.9. The van der Waals surface area contributed by atoms with E-state index in [1.165, 1.54) is 0 Å². The quantitative estimate of drug-likeness (QED) is 0.406. The molecule has 4 aromatic rings. The Morgan fingerprint density at radius 2 is 1.63 bits per heavy atom. The number of anilines is 1. The van der Waals surface area contributed by atoms with Crippen LogP contribution in [0.25, 0.3) is 21.2 Å². The first kappa shape index (κ1) is 22.8. The highest BCUT2D eigenvalue weighted by Crippen LogP contribution is 2.39. The molecular formula is C28H25N3O3S. The number of benzene rings is 3. The molecule has 3 amide bonds. The van der Waals surface area contributed by atoms with Crippen molar-refractivity contribution in [1.29, 1.82) is 0 Å². The van der Waals surface area contributed by atoms with E-state index in [-0.39, 0.29) is 11.8 Å². The lowest BCUT2D eigenvalue weighted by molar-refractivity contribution is -0.136. The molecule has 2 heterocycles. The molecule has 0 bridgehead atoms. The first-order chi connectivity index (χ1) is 17.0. The molecule has 176 valence electrons. The standard InChI is InChI=1S/C28H25N3O3S/c1-17(26(32)29-15-18-16-35-24-14-8-6-9-19(18)24)27(33)30-25-22-12-4-3-10-20(22)21-11-5-7-13-23(21)31(2)28(25)34/h3-14,16-17,25H,15H2,1-2H3,(H,29,32)(H,30,33). The fourth-order valence-electron chi connectivity index (χ4n) is 4.46. The van der Waals surface area contributed by atoms with E-state index in [1.54, 1.807) is 30.2 Å². The van der Waals surface area contributed by atoms with Gasteiger partial charge in [-0.15, -0.1) is 11.3 Å².